The molecule has 12 heteroatoms. The molecule has 11 nitrogen and oxygen atoms in total. The Bertz CT molecular complexity index is 854. The van der Waals surface area contributed by atoms with Crippen molar-refractivity contribution in [2.75, 3.05) is 19.1 Å². The second-order valence-corrected chi connectivity index (χ2v) is 8.97. The normalized spacial score (nSPS) is 23.9. The number of thioether (sulfide) groups is 1. The lowest BCUT2D eigenvalue weighted by Gasteiger charge is -2.43. The summed E-state index contributed by atoms with van der Waals surface area (Å²) in [6.07, 6.45) is 0.402. The summed E-state index contributed by atoms with van der Waals surface area (Å²) < 4.78 is 18.5. The summed E-state index contributed by atoms with van der Waals surface area (Å²) in [5, 5.41) is 2.27. The molecule has 2 saturated heterocycles. The first-order valence-corrected chi connectivity index (χ1v) is 10.1. The van der Waals surface area contributed by atoms with Gasteiger partial charge in [0.15, 0.2) is 5.88 Å². The highest BCUT2D eigenvalue weighted by Gasteiger charge is 2.64. The number of hydrogen-bond acceptors (Lipinski definition) is 10. The monoisotopic (exact) mass is 441 g/mol. The van der Waals surface area contributed by atoms with Crippen LogP contribution in [0.15, 0.2) is 16.7 Å². The molecule has 2 aliphatic heterocycles. The SMILES string of the molecule is CCOC(=O)OCOC(=O)[C@@H]1N2C(=O)[C@@H](NC(=O)Cc3ccoc3N)[C@H]2SC1(C)C. The molecule has 3 heterocycles. The van der Waals surface area contributed by atoms with Crippen LogP contribution in [-0.4, -0.2) is 64.4 Å². The van der Waals surface area contributed by atoms with E-state index in [9.17, 15) is 19.2 Å². The predicted octanol–water partition coefficient (Wildman–Crippen LogP) is 0.625. The number of furan rings is 1. The maximum absolute atomic E-state index is 12.7. The van der Waals surface area contributed by atoms with Crippen LogP contribution in [0.1, 0.15) is 26.3 Å². The molecule has 0 aliphatic carbocycles. The Morgan fingerprint density at radius 3 is 2.67 bits per heavy atom. The summed E-state index contributed by atoms with van der Waals surface area (Å²) in [4.78, 5) is 50.1. The number of amides is 2. The van der Waals surface area contributed by atoms with Gasteiger partial charge in [-0.3, -0.25) is 9.59 Å². The Hall–Kier alpha value is -2.89. The number of ether oxygens (including phenoxy) is 3. The lowest BCUT2D eigenvalue weighted by Crippen LogP contribution is -2.70. The third-order valence-electron chi connectivity index (χ3n) is 4.75. The third kappa shape index (κ3) is 4.18. The molecule has 3 atom stereocenters. The first-order valence-electron chi connectivity index (χ1n) is 9.23. The van der Waals surface area contributed by atoms with Crippen LogP contribution in [0.4, 0.5) is 10.7 Å². The van der Waals surface area contributed by atoms with E-state index in [1.54, 1.807) is 26.8 Å². The van der Waals surface area contributed by atoms with E-state index < -0.39 is 41.1 Å². The number of rotatable bonds is 7. The molecular formula is C18H23N3O8S. The molecule has 0 unspecified atom stereocenters. The van der Waals surface area contributed by atoms with Crippen molar-refractivity contribution in [2.45, 2.75) is 49.4 Å². The Kier molecular flexibility index (Phi) is 6.15. The fourth-order valence-corrected chi connectivity index (χ4v) is 5.01. The maximum atomic E-state index is 12.7. The Morgan fingerprint density at radius 1 is 1.30 bits per heavy atom. The minimum absolute atomic E-state index is 0.0242. The number of β-lactam (4-membered cyclic amide) rings is 1. The van der Waals surface area contributed by atoms with E-state index >= 15 is 0 Å². The smallest absolute Gasteiger partial charge is 0.449 e. The average molecular weight is 441 g/mol. The van der Waals surface area contributed by atoms with Gasteiger partial charge in [0.25, 0.3) is 0 Å². The van der Waals surface area contributed by atoms with Gasteiger partial charge in [-0.15, -0.1) is 11.8 Å². The van der Waals surface area contributed by atoms with Crippen molar-refractivity contribution in [2.24, 2.45) is 0 Å². The molecule has 0 saturated carbocycles. The van der Waals surface area contributed by atoms with E-state index in [0.717, 1.165) is 0 Å². The molecule has 1 aromatic heterocycles. The van der Waals surface area contributed by atoms with Crippen LogP contribution in [-0.2, 0) is 35.0 Å². The molecule has 2 fully saturated rings. The van der Waals surface area contributed by atoms with Gasteiger partial charge < -0.3 is 34.6 Å². The van der Waals surface area contributed by atoms with E-state index in [4.69, 9.17) is 14.9 Å². The van der Waals surface area contributed by atoms with Crippen LogP contribution in [0.5, 0.6) is 0 Å². The minimum Gasteiger partial charge on any atom is -0.449 e. The molecule has 2 amide bonds. The van der Waals surface area contributed by atoms with Crippen molar-refractivity contribution in [3.63, 3.8) is 0 Å². The van der Waals surface area contributed by atoms with E-state index in [-0.39, 0.29) is 30.7 Å². The van der Waals surface area contributed by atoms with Crippen LogP contribution in [0, 0.1) is 0 Å². The number of carbonyl (C=O) groups excluding carboxylic acids is 4. The molecule has 0 spiro atoms. The molecule has 0 aromatic carbocycles. The van der Waals surface area contributed by atoms with Crippen LogP contribution in [0.2, 0.25) is 0 Å². The second-order valence-electron chi connectivity index (χ2n) is 7.20. The Morgan fingerprint density at radius 2 is 2.03 bits per heavy atom. The standard InChI is InChI=1S/C18H23N3O8S/c1-4-26-17(25)29-8-28-16(24)12-18(2,3)30-15-11(14(23)21(12)15)20-10(22)7-9-5-6-27-13(9)19/h5-6,11-12,15H,4,7-8,19H2,1-3H3,(H,20,22)/t11-,12+,15-/m1/s1. The predicted molar refractivity (Wildman–Crippen MR) is 104 cm³/mol. The summed E-state index contributed by atoms with van der Waals surface area (Å²) in [5.41, 5.74) is 6.15. The van der Waals surface area contributed by atoms with E-state index in [2.05, 4.69) is 14.8 Å². The van der Waals surface area contributed by atoms with E-state index in [1.165, 1.54) is 22.9 Å². The number of nitrogens with zero attached hydrogens (tertiary/aromatic N) is 1. The molecule has 0 bridgehead atoms. The summed E-state index contributed by atoms with van der Waals surface area (Å²) >= 11 is 1.38. The lowest BCUT2D eigenvalue weighted by atomic mass is 9.96. The van der Waals surface area contributed by atoms with Crippen LogP contribution in [0.25, 0.3) is 0 Å². The van der Waals surface area contributed by atoms with E-state index in [0.29, 0.717) is 5.56 Å². The topological polar surface area (TPSA) is 150 Å². The van der Waals surface area contributed by atoms with Gasteiger partial charge in [-0.05, 0) is 26.8 Å². The number of esters is 1. The molecule has 3 N–H and O–H groups in total. The Labute approximate surface area is 176 Å². The molecule has 3 rings (SSSR count). The number of nitrogens with one attached hydrogen (secondary N) is 1. The van der Waals surface area contributed by atoms with Crippen molar-refractivity contribution in [3.8, 4) is 0 Å². The van der Waals surface area contributed by atoms with Gasteiger partial charge >= 0.3 is 12.1 Å². The number of carbonyl (C=O) groups is 4. The summed E-state index contributed by atoms with van der Waals surface area (Å²) in [7, 11) is 0. The number of fused-ring (bicyclic) bond motifs is 1. The molecule has 1 aromatic rings. The summed E-state index contributed by atoms with van der Waals surface area (Å²) in [6.45, 7) is 4.72. The average Bonchev–Trinajstić information content (AvgIpc) is 3.18. The van der Waals surface area contributed by atoms with Gasteiger partial charge in [0.2, 0.25) is 18.6 Å². The van der Waals surface area contributed by atoms with Crippen LogP contribution < -0.4 is 11.1 Å². The second kappa shape index (κ2) is 8.46. The van der Waals surface area contributed by atoms with Gasteiger partial charge in [0.1, 0.15) is 17.5 Å². The minimum atomic E-state index is -0.954. The quantitative estimate of drug-likeness (QED) is 0.350. The first kappa shape index (κ1) is 21.8. The maximum Gasteiger partial charge on any atom is 0.511 e. The van der Waals surface area contributed by atoms with Gasteiger partial charge in [0, 0.05) is 10.3 Å². The zero-order valence-electron chi connectivity index (χ0n) is 16.7. The van der Waals surface area contributed by atoms with Gasteiger partial charge in [-0.1, -0.05) is 0 Å². The molecular weight excluding hydrogens is 418 g/mol. The van der Waals surface area contributed by atoms with Crippen molar-refractivity contribution in [1.29, 1.82) is 0 Å². The summed E-state index contributed by atoms with van der Waals surface area (Å²) in [6, 6.07) is -0.0614. The van der Waals surface area contributed by atoms with Crippen LogP contribution in [0.3, 0.4) is 0 Å². The highest BCUT2D eigenvalue weighted by molar-refractivity contribution is 8.01. The van der Waals surface area contributed by atoms with Crippen molar-refractivity contribution in [1.82, 2.24) is 10.2 Å². The molecule has 2 aliphatic rings. The zero-order chi connectivity index (χ0) is 22.1. The molecule has 30 heavy (non-hydrogen) atoms. The van der Waals surface area contributed by atoms with Crippen LogP contribution >= 0.6 is 11.8 Å². The van der Waals surface area contributed by atoms with Gasteiger partial charge in [-0.25, -0.2) is 9.59 Å². The van der Waals surface area contributed by atoms with Crippen molar-refractivity contribution in [3.05, 3.63) is 17.9 Å². The molecule has 164 valence electrons. The largest absolute Gasteiger partial charge is 0.511 e. The zero-order valence-corrected chi connectivity index (χ0v) is 17.5. The highest BCUT2D eigenvalue weighted by atomic mass is 32.2. The number of anilines is 1. The van der Waals surface area contributed by atoms with Gasteiger partial charge in [-0.2, -0.15) is 0 Å². The van der Waals surface area contributed by atoms with Gasteiger partial charge in [0.05, 0.1) is 19.3 Å². The number of nitrogen functional groups attached to an aromatic ring is 1. The van der Waals surface area contributed by atoms with E-state index in [1.807, 2.05) is 0 Å². The molecule has 0 radical (unpaired) electrons. The first-order chi connectivity index (χ1) is 14.2. The number of nitrogens with two attached hydrogens (primary N) is 1. The number of hydrogen-bond donors (Lipinski definition) is 2. The summed E-state index contributed by atoms with van der Waals surface area (Å²) in [5.74, 6) is -1.33. The lowest BCUT2D eigenvalue weighted by molar-refractivity contribution is -0.170. The fourth-order valence-electron chi connectivity index (χ4n) is 3.39. The third-order valence-corrected chi connectivity index (χ3v) is 6.32. The van der Waals surface area contributed by atoms with Crippen molar-refractivity contribution >= 4 is 41.6 Å². The fraction of sp³-hybridized carbons (Fsp3) is 0.556. The Balaban J connectivity index is 1.58. The highest BCUT2D eigenvalue weighted by Crippen LogP contribution is 2.51. The van der Waals surface area contributed by atoms with Crippen molar-refractivity contribution < 1.29 is 37.8 Å².